The van der Waals surface area contributed by atoms with Gasteiger partial charge < -0.3 is 33.8 Å². The molecule has 4 heteroatoms. The number of hydrogen-bond acceptors (Lipinski definition) is 0. The Morgan fingerprint density at radius 2 is 0.682 bits per heavy atom. The van der Waals surface area contributed by atoms with Gasteiger partial charge in [0.15, 0.2) is 0 Å². The van der Waals surface area contributed by atoms with Crippen LogP contribution < -0.4 is 24.8 Å². The zero-order valence-corrected chi connectivity index (χ0v) is 32.6. The van der Waals surface area contributed by atoms with Crippen LogP contribution in [0.3, 0.4) is 0 Å². The molecule has 264 valence electrons. The highest BCUT2D eigenvalue weighted by Gasteiger charge is 2.14. The van der Waals surface area contributed by atoms with Gasteiger partial charge in [-0.25, -0.2) is 0 Å². The molecule has 2 nitrogen and oxygen atoms in total. The van der Waals surface area contributed by atoms with Crippen LogP contribution in [-0.2, 0) is 6.54 Å². The smallest absolute Gasteiger partial charge is 0.104 e. The van der Waals surface area contributed by atoms with Gasteiger partial charge >= 0.3 is 0 Å². The molecule has 0 N–H and O–H groups in total. The normalized spacial score (nSPS) is 11.3. The van der Waals surface area contributed by atoms with Crippen LogP contribution in [0.25, 0.3) is 0 Å². The van der Waals surface area contributed by atoms with Crippen molar-refractivity contribution in [2.24, 2.45) is 0 Å². The van der Waals surface area contributed by atoms with Gasteiger partial charge in [-0.3, -0.25) is 0 Å². The van der Waals surface area contributed by atoms with Crippen molar-refractivity contribution < 1.29 is 33.8 Å². The lowest BCUT2D eigenvalue weighted by atomic mass is 10.0. The summed E-state index contributed by atoms with van der Waals surface area (Å²) in [6.45, 7) is 8.36. The molecule has 0 fully saturated rings. The SMILES string of the molecule is CCCCCCCCCCCCCCCC[N+](C)(C)C.CCCCCCCCCCCC[N+](C)(C)Cc1ccccc1.[Cl-].[Cl-]. The first-order valence-electron chi connectivity index (χ1n) is 18.9. The summed E-state index contributed by atoms with van der Waals surface area (Å²) in [5, 5.41) is 0. The van der Waals surface area contributed by atoms with Crippen LogP contribution in [-0.4, -0.2) is 57.3 Å². The zero-order valence-electron chi connectivity index (χ0n) is 31.1. The van der Waals surface area contributed by atoms with Crippen molar-refractivity contribution in [2.75, 3.05) is 48.3 Å². The van der Waals surface area contributed by atoms with Crippen LogP contribution in [0.1, 0.15) is 174 Å². The summed E-state index contributed by atoms with van der Waals surface area (Å²) in [6.07, 6.45) is 34.6. The first kappa shape index (κ1) is 48.1. The molecule has 0 aliphatic heterocycles. The number of quaternary nitrogens is 2. The minimum absolute atomic E-state index is 0. The summed E-state index contributed by atoms with van der Waals surface area (Å²) in [4.78, 5) is 0. The fourth-order valence-corrected chi connectivity index (χ4v) is 5.96. The van der Waals surface area contributed by atoms with Gasteiger partial charge in [0.2, 0.25) is 0 Å². The molecule has 1 aromatic rings. The number of benzene rings is 1. The summed E-state index contributed by atoms with van der Waals surface area (Å²) in [5.74, 6) is 0. The van der Waals surface area contributed by atoms with Crippen molar-refractivity contribution in [3.8, 4) is 0 Å². The third kappa shape index (κ3) is 37.9. The van der Waals surface area contributed by atoms with E-state index < -0.39 is 0 Å². The van der Waals surface area contributed by atoms with E-state index in [0.717, 1.165) is 15.5 Å². The molecule has 0 radical (unpaired) electrons. The topological polar surface area (TPSA) is 0 Å². The van der Waals surface area contributed by atoms with E-state index in [9.17, 15) is 0 Å². The molecule has 0 unspecified atom stereocenters. The van der Waals surface area contributed by atoms with Crippen LogP contribution >= 0.6 is 0 Å². The lowest BCUT2D eigenvalue weighted by molar-refractivity contribution is -0.903. The second-order valence-electron chi connectivity index (χ2n) is 15.1. The molecule has 0 amide bonds. The molecule has 44 heavy (non-hydrogen) atoms. The minimum Gasteiger partial charge on any atom is -1.00 e. The Kier molecular flexibility index (Phi) is 37.3. The van der Waals surface area contributed by atoms with Crippen LogP contribution in [0.2, 0.25) is 0 Å². The highest BCUT2D eigenvalue weighted by molar-refractivity contribution is 5.13. The number of rotatable bonds is 28. The van der Waals surface area contributed by atoms with Gasteiger partial charge in [0.05, 0.1) is 48.3 Å². The van der Waals surface area contributed by atoms with Crippen LogP contribution in [0.5, 0.6) is 0 Å². The van der Waals surface area contributed by atoms with Gasteiger partial charge in [-0.2, -0.15) is 0 Å². The van der Waals surface area contributed by atoms with E-state index in [0.29, 0.717) is 0 Å². The van der Waals surface area contributed by atoms with Crippen molar-refractivity contribution in [3.63, 3.8) is 0 Å². The second-order valence-corrected chi connectivity index (χ2v) is 15.1. The number of halogens is 2. The van der Waals surface area contributed by atoms with E-state index in [1.54, 1.807) is 0 Å². The molecule has 0 aromatic heterocycles. The predicted octanol–water partition coefficient (Wildman–Crippen LogP) is 6.37. The van der Waals surface area contributed by atoms with Crippen molar-refractivity contribution in [3.05, 3.63) is 35.9 Å². The summed E-state index contributed by atoms with van der Waals surface area (Å²) in [7, 11) is 11.6. The Balaban J connectivity index is -0.000000735. The average molecular weight is 660 g/mol. The van der Waals surface area contributed by atoms with Crippen LogP contribution in [0, 0.1) is 0 Å². The Morgan fingerprint density at radius 1 is 0.386 bits per heavy atom. The Bertz CT molecular complexity index is 657. The Labute approximate surface area is 291 Å². The van der Waals surface area contributed by atoms with Gasteiger partial charge in [0.1, 0.15) is 6.54 Å². The number of nitrogens with zero attached hydrogens (tertiary/aromatic N) is 2. The summed E-state index contributed by atoms with van der Waals surface area (Å²) < 4.78 is 2.24. The Hall–Kier alpha value is -0.280. The largest absolute Gasteiger partial charge is 1.00 e. The molecular weight excluding hydrogens is 579 g/mol. The van der Waals surface area contributed by atoms with E-state index in [4.69, 9.17) is 0 Å². The van der Waals surface area contributed by atoms with E-state index in [2.05, 4.69) is 79.4 Å². The summed E-state index contributed by atoms with van der Waals surface area (Å²) in [5.41, 5.74) is 1.46. The van der Waals surface area contributed by atoms with E-state index in [1.807, 2.05) is 0 Å². The Morgan fingerprint density at radius 3 is 1.00 bits per heavy atom. The van der Waals surface area contributed by atoms with Crippen molar-refractivity contribution in [2.45, 2.75) is 174 Å². The predicted molar refractivity (Wildman–Crippen MR) is 192 cm³/mol. The summed E-state index contributed by atoms with van der Waals surface area (Å²) in [6, 6.07) is 10.9. The molecular formula is C40H80Cl2N2. The molecule has 1 aromatic carbocycles. The highest BCUT2D eigenvalue weighted by Crippen LogP contribution is 2.15. The zero-order chi connectivity index (χ0) is 31.2. The fraction of sp³-hybridized carbons (Fsp3) is 0.850. The first-order chi connectivity index (χ1) is 20.2. The maximum Gasteiger partial charge on any atom is 0.104 e. The third-order valence-corrected chi connectivity index (χ3v) is 8.75. The average Bonchev–Trinajstić information content (AvgIpc) is 2.94. The number of unbranched alkanes of at least 4 members (excludes halogenated alkanes) is 22. The third-order valence-electron chi connectivity index (χ3n) is 8.75. The maximum atomic E-state index is 2.36. The molecule has 0 spiro atoms. The van der Waals surface area contributed by atoms with Gasteiger partial charge in [-0.05, 0) is 25.7 Å². The quantitative estimate of drug-likeness (QED) is 0.0726. The summed E-state index contributed by atoms with van der Waals surface area (Å²) >= 11 is 0. The van der Waals surface area contributed by atoms with E-state index in [1.165, 1.54) is 173 Å². The lowest BCUT2D eigenvalue weighted by Crippen LogP contribution is -3.00. The van der Waals surface area contributed by atoms with Gasteiger partial charge in [0.25, 0.3) is 0 Å². The van der Waals surface area contributed by atoms with E-state index >= 15 is 0 Å². The molecule has 1 rings (SSSR count). The standard InChI is InChI=1S/C21H38N.C19H42N.2ClH/c1-4-5-6-7-8-9-10-11-12-16-19-22(2,3)20-21-17-14-13-15-18-21;1-5-6-7-8-9-10-11-12-13-14-15-16-17-18-19-20(2,3)4;;/h13-15,17-18H,4-12,16,19-20H2,1-3H3;5-19H2,1-4H3;2*1H/q2*+1;;/p-2. The van der Waals surface area contributed by atoms with Crippen molar-refractivity contribution in [1.29, 1.82) is 0 Å². The molecule has 0 saturated heterocycles. The molecule has 0 bridgehead atoms. The highest BCUT2D eigenvalue weighted by atomic mass is 35.5. The fourth-order valence-electron chi connectivity index (χ4n) is 5.96. The lowest BCUT2D eigenvalue weighted by Gasteiger charge is -2.30. The minimum atomic E-state index is 0. The van der Waals surface area contributed by atoms with E-state index in [-0.39, 0.29) is 24.8 Å². The van der Waals surface area contributed by atoms with Gasteiger partial charge in [0, 0.05) is 5.56 Å². The van der Waals surface area contributed by atoms with Crippen molar-refractivity contribution >= 4 is 0 Å². The first-order valence-corrected chi connectivity index (χ1v) is 18.9. The molecule has 0 aliphatic carbocycles. The second kappa shape index (κ2) is 34.1. The molecule has 0 saturated carbocycles. The monoisotopic (exact) mass is 659 g/mol. The molecule has 0 atom stereocenters. The van der Waals surface area contributed by atoms with Crippen molar-refractivity contribution in [1.82, 2.24) is 0 Å². The molecule has 0 heterocycles. The van der Waals surface area contributed by atoms with Crippen LogP contribution in [0.4, 0.5) is 0 Å². The number of hydrogen-bond donors (Lipinski definition) is 0. The van der Waals surface area contributed by atoms with Gasteiger partial charge in [-0.15, -0.1) is 0 Å². The van der Waals surface area contributed by atoms with Crippen LogP contribution in [0.15, 0.2) is 30.3 Å². The van der Waals surface area contributed by atoms with Gasteiger partial charge in [-0.1, -0.05) is 173 Å². The maximum absolute atomic E-state index is 2.36. The molecule has 0 aliphatic rings.